The van der Waals surface area contributed by atoms with Gasteiger partial charge in [0.2, 0.25) is 0 Å². The minimum absolute atomic E-state index is 0.0977. The van der Waals surface area contributed by atoms with E-state index in [2.05, 4.69) is 25.3 Å². The van der Waals surface area contributed by atoms with Crippen LogP contribution in [-0.4, -0.2) is 53.4 Å². The molecular weight excluding hydrogens is 334 g/mol. The van der Waals surface area contributed by atoms with Crippen molar-refractivity contribution in [2.75, 3.05) is 25.1 Å². The number of anilines is 1. The van der Waals surface area contributed by atoms with E-state index in [-0.39, 0.29) is 24.0 Å². The lowest BCUT2D eigenvalue weighted by molar-refractivity contribution is 0.0944. The zero-order valence-electron chi connectivity index (χ0n) is 15.6. The van der Waals surface area contributed by atoms with E-state index in [0.717, 1.165) is 24.5 Å². The van der Waals surface area contributed by atoms with Gasteiger partial charge in [0.1, 0.15) is 24.0 Å². The molecule has 0 spiro atoms. The van der Waals surface area contributed by atoms with Gasteiger partial charge in [0.25, 0.3) is 5.91 Å². The van der Waals surface area contributed by atoms with Crippen molar-refractivity contribution in [2.24, 2.45) is 0 Å². The maximum absolute atomic E-state index is 12.5. The Balaban J connectivity index is 1.70. The van der Waals surface area contributed by atoms with Gasteiger partial charge in [0.15, 0.2) is 0 Å². The molecule has 26 heavy (non-hydrogen) atoms. The fourth-order valence-electron chi connectivity index (χ4n) is 3.25. The van der Waals surface area contributed by atoms with Crippen LogP contribution in [0.3, 0.4) is 0 Å². The number of nitrogens with zero attached hydrogens (tertiary/aromatic N) is 4. The molecule has 0 saturated carbocycles. The molecule has 8 nitrogen and oxygen atoms in total. The molecule has 3 heterocycles. The highest BCUT2D eigenvalue weighted by atomic mass is 16.5. The number of aromatic nitrogens is 3. The van der Waals surface area contributed by atoms with Crippen molar-refractivity contribution >= 4 is 11.7 Å². The molecule has 1 fully saturated rings. The molecule has 1 saturated heterocycles. The van der Waals surface area contributed by atoms with Crippen molar-refractivity contribution in [1.29, 1.82) is 0 Å². The minimum Gasteiger partial charge on any atom is -0.380 e. The number of methoxy groups -OCH3 is 1. The Kier molecular flexibility index (Phi) is 5.51. The van der Waals surface area contributed by atoms with E-state index in [0.29, 0.717) is 17.8 Å². The summed E-state index contributed by atoms with van der Waals surface area (Å²) in [5.41, 5.74) is 2.07. The second kappa shape index (κ2) is 7.82. The highest BCUT2D eigenvalue weighted by molar-refractivity contribution is 5.95. The van der Waals surface area contributed by atoms with Gasteiger partial charge in [-0.1, -0.05) is 19.0 Å². The van der Waals surface area contributed by atoms with E-state index in [1.165, 1.54) is 6.26 Å². The van der Waals surface area contributed by atoms with Crippen molar-refractivity contribution in [2.45, 2.75) is 45.3 Å². The highest BCUT2D eigenvalue weighted by Crippen LogP contribution is 2.25. The van der Waals surface area contributed by atoms with Gasteiger partial charge < -0.3 is 19.5 Å². The van der Waals surface area contributed by atoms with Gasteiger partial charge in [0.05, 0.1) is 17.8 Å². The molecule has 2 aromatic heterocycles. The normalized spacial score (nSPS) is 20.0. The van der Waals surface area contributed by atoms with Gasteiger partial charge in [-0.3, -0.25) is 4.79 Å². The number of hydrogen-bond donors (Lipinski definition) is 1. The zero-order valence-corrected chi connectivity index (χ0v) is 15.6. The van der Waals surface area contributed by atoms with Crippen molar-refractivity contribution < 1.29 is 14.1 Å². The monoisotopic (exact) mass is 359 g/mol. The second-order valence-corrected chi connectivity index (χ2v) is 6.90. The largest absolute Gasteiger partial charge is 0.380 e. The maximum atomic E-state index is 12.5. The lowest BCUT2D eigenvalue weighted by atomic mass is 10.1. The third-order valence-corrected chi connectivity index (χ3v) is 4.68. The van der Waals surface area contributed by atoms with Crippen molar-refractivity contribution in [3.05, 3.63) is 35.6 Å². The summed E-state index contributed by atoms with van der Waals surface area (Å²) in [4.78, 5) is 23.2. The Morgan fingerprint density at radius 1 is 1.46 bits per heavy atom. The van der Waals surface area contributed by atoms with Crippen molar-refractivity contribution in [3.8, 4) is 0 Å². The molecule has 1 N–H and O–H groups in total. The number of amides is 1. The maximum Gasteiger partial charge on any atom is 0.256 e. The fraction of sp³-hybridized carbons (Fsp3) is 0.556. The van der Waals surface area contributed by atoms with E-state index >= 15 is 0 Å². The Morgan fingerprint density at radius 3 is 2.96 bits per heavy atom. The van der Waals surface area contributed by atoms with Crippen LogP contribution >= 0.6 is 0 Å². The second-order valence-electron chi connectivity index (χ2n) is 6.90. The first kappa shape index (κ1) is 18.3. The van der Waals surface area contributed by atoms with Crippen LogP contribution in [-0.2, 0) is 4.74 Å². The van der Waals surface area contributed by atoms with Crippen molar-refractivity contribution in [1.82, 2.24) is 20.4 Å². The summed E-state index contributed by atoms with van der Waals surface area (Å²) >= 11 is 0. The molecule has 0 aromatic carbocycles. The Hall–Kier alpha value is -2.48. The zero-order chi connectivity index (χ0) is 18.7. The lowest BCUT2D eigenvalue weighted by Gasteiger charge is -2.25. The van der Waals surface area contributed by atoms with E-state index in [9.17, 15) is 4.79 Å². The molecule has 8 heteroatoms. The molecule has 140 valence electrons. The number of rotatable bonds is 6. The number of carbonyl (C=O) groups excluding carboxylic acids is 1. The molecular formula is C18H25N5O3. The minimum atomic E-state index is -0.172. The van der Waals surface area contributed by atoms with Crippen LogP contribution in [0.5, 0.6) is 0 Å². The van der Waals surface area contributed by atoms with Gasteiger partial charge in [-0.2, -0.15) is 0 Å². The first-order chi connectivity index (χ1) is 12.5. The Morgan fingerprint density at radius 2 is 2.27 bits per heavy atom. The molecule has 1 aliphatic heterocycles. The molecule has 3 rings (SSSR count). The number of hydrogen-bond acceptors (Lipinski definition) is 7. The number of aryl methyl sites for hydroxylation is 1. The standard InChI is InChI=1S/C18H25N5O3/c1-11(2)17-15(9-26-22-17)18(24)19-7-13-6-14(25-4)8-23(13)16-5-12(3)20-10-21-16/h5,9-11,13-14H,6-8H2,1-4H3,(H,19,24)/t13-,14-/m0/s1. The van der Waals surface area contributed by atoms with Gasteiger partial charge in [-0.05, 0) is 19.3 Å². The summed E-state index contributed by atoms with van der Waals surface area (Å²) in [5.74, 6) is 0.804. The molecule has 1 aliphatic rings. The third kappa shape index (κ3) is 3.85. The van der Waals surface area contributed by atoms with Crippen LogP contribution in [0.25, 0.3) is 0 Å². The molecule has 0 aliphatic carbocycles. The first-order valence-corrected chi connectivity index (χ1v) is 8.80. The SMILES string of the molecule is CO[C@H]1C[C@@H](CNC(=O)c2conc2C(C)C)N(c2cc(C)ncn2)C1. The van der Waals surface area contributed by atoms with Gasteiger partial charge >= 0.3 is 0 Å². The average molecular weight is 359 g/mol. The van der Waals surface area contributed by atoms with Crippen LogP contribution < -0.4 is 10.2 Å². The summed E-state index contributed by atoms with van der Waals surface area (Å²) in [7, 11) is 1.71. The van der Waals surface area contributed by atoms with Gasteiger partial charge in [-0.15, -0.1) is 0 Å². The number of carbonyl (C=O) groups is 1. The number of ether oxygens (including phenoxy) is 1. The highest BCUT2D eigenvalue weighted by Gasteiger charge is 2.33. The summed E-state index contributed by atoms with van der Waals surface area (Å²) in [5, 5.41) is 6.93. The average Bonchev–Trinajstić information content (AvgIpc) is 3.26. The predicted octanol–water partition coefficient (Wildman–Crippen LogP) is 1.92. The molecule has 0 unspecified atom stereocenters. The Bertz CT molecular complexity index is 761. The fourth-order valence-corrected chi connectivity index (χ4v) is 3.25. The van der Waals surface area contributed by atoms with Crippen LogP contribution in [0.4, 0.5) is 5.82 Å². The molecule has 2 atom stereocenters. The molecule has 1 amide bonds. The van der Waals surface area contributed by atoms with E-state index in [1.54, 1.807) is 13.4 Å². The summed E-state index contributed by atoms with van der Waals surface area (Å²) in [6, 6.07) is 2.05. The topological polar surface area (TPSA) is 93.4 Å². The van der Waals surface area contributed by atoms with Crippen LogP contribution in [0.15, 0.2) is 23.2 Å². The molecule has 0 radical (unpaired) electrons. The van der Waals surface area contributed by atoms with Gasteiger partial charge in [0, 0.05) is 32.0 Å². The smallest absolute Gasteiger partial charge is 0.256 e. The van der Waals surface area contributed by atoms with Crippen LogP contribution in [0.2, 0.25) is 0 Å². The quantitative estimate of drug-likeness (QED) is 0.842. The van der Waals surface area contributed by atoms with E-state index < -0.39 is 0 Å². The van der Waals surface area contributed by atoms with Crippen LogP contribution in [0, 0.1) is 6.92 Å². The summed E-state index contributed by atoms with van der Waals surface area (Å²) in [6.07, 6.45) is 3.89. The van der Waals surface area contributed by atoms with Crippen molar-refractivity contribution in [3.63, 3.8) is 0 Å². The summed E-state index contributed by atoms with van der Waals surface area (Å²) in [6.45, 7) is 7.12. The predicted molar refractivity (Wildman–Crippen MR) is 96.2 cm³/mol. The number of nitrogens with one attached hydrogen (secondary N) is 1. The third-order valence-electron chi connectivity index (χ3n) is 4.68. The molecule has 2 aromatic rings. The summed E-state index contributed by atoms with van der Waals surface area (Å²) < 4.78 is 10.5. The van der Waals surface area contributed by atoms with Crippen LogP contribution in [0.1, 0.15) is 47.9 Å². The van der Waals surface area contributed by atoms with E-state index in [4.69, 9.17) is 9.26 Å². The van der Waals surface area contributed by atoms with Gasteiger partial charge in [-0.25, -0.2) is 9.97 Å². The molecule has 0 bridgehead atoms. The Labute approximate surface area is 152 Å². The van der Waals surface area contributed by atoms with E-state index in [1.807, 2.05) is 26.8 Å². The lowest BCUT2D eigenvalue weighted by Crippen LogP contribution is -2.40. The first-order valence-electron chi connectivity index (χ1n) is 8.80.